The first kappa shape index (κ1) is 13.4. The number of rotatable bonds is 5. The Morgan fingerprint density at radius 2 is 2.22 bits per heavy atom. The molecule has 18 heavy (non-hydrogen) atoms. The largest absolute Gasteiger partial charge is 0.396 e. The molecule has 0 radical (unpaired) electrons. The number of nitrogens with two attached hydrogens (primary N) is 1. The number of hydrogen-bond acceptors (Lipinski definition) is 4. The van der Waals surface area contributed by atoms with Crippen molar-refractivity contribution in [3.8, 4) is 0 Å². The molecule has 1 aromatic heterocycles. The summed E-state index contributed by atoms with van der Waals surface area (Å²) >= 11 is 5.81. The summed E-state index contributed by atoms with van der Waals surface area (Å²) in [4.78, 5) is 6.61. The van der Waals surface area contributed by atoms with Crippen LogP contribution < -0.4 is 11.1 Å². The van der Waals surface area contributed by atoms with Gasteiger partial charge in [0.25, 0.3) is 0 Å². The highest BCUT2D eigenvalue weighted by atomic mass is 35.5. The Morgan fingerprint density at radius 3 is 2.89 bits per heavy atom. The first-order valence-corrected chi connectivity index (χ1v) is 6.90. The average molecular weight is 269 g/mol. The monoisotopic (exact) mass is 268 g/mol. The topological polar surface area (TPSA) is 54.2 Å². The summed E-state index contributed by atoms with van der Waals surface area (Å²) in [6.07, 6.45) is 7.01. The minimum atomic E-state index is 0.570. The van der Waals surface area contributed by atoms with Crippen LogP contribution in [0.15, 0.2) is 12.3 Å². The number of nitrogen functional groups attached to an aromatic ring is 1. The van der Waals surface area contributed by atoms with E-state index in [9.17, 15) is 0 Å². The van der Waals surface area contributed by atoms with E-state index in [-0.39, 0.29) is 0 Å². The summed E-state index contributed by atoms with van der Waals surface area (Å²) in [7, 11) is 2.19. The smallest absolute Gasteiger partial charge is 0.149 e. The summed E-state index contributed by atoms with van der Waals surface area (Å²) < 4.78 is 0. The first-order valence-electron chi connectivity index (χ1n) is 6.52. The summed E-state index contributed by atoms with van der Waals surface area (Å²) in [5.41, 5.74) is 6.44. The van der Waals surface area contributed by atoms with Gasteiger partial charge in [0.1, 0.15) is 5.82 Å². The lowest BCUT2D eigenvalue weighted by atomic mass is 10.2. The van der Waals surface area contributed by atoms with Crippen molar-refractivity contribution in [3.63, 3.8) is 0 Å². The van der Waals surface area contributed by atoms with Gasteiger partial charge in [0, 0.05) is 25.3 Å². The second kappa shape index (κ2) is 6.25. The van der Waals surface area contributed by atoms with Crippen molar-refractivity contribution < 1.29 is 0 Å². The minimum absolute atomic E-state index is 0.570. The van der Waals surface area contributed by atoms with Crippen LogP contribution in [0, 0.1) is 0 Å². The Bertz CT molecular complexity index is 391. The third-order valence-electron chi connectivity index (χ3n) is 3.59. The molecule has 4 nitrogen and oxygen atoms in total. The van der Waals surface area contributed by atoms with Gasteiger partial charge in [0.2, 0.25) is 0 Å². The minimum Gasteiger partial charge on any atom is -0.396 e. The van der Waals surface area contributed by atoms with Gasteiger partial charge in [0.05, 0.1) is 10.7 Å². The first-order chi connectivity index (χ1) is 8.66. The third kappa shape index (κ3) is 3.50. The molecule has 3 N–H and O–H groups in total. The van der Waals surface area contributed by atoms with Crippen LogP contribution in [-0.2, 0) is 0 Å². The average Bonchev–Trinajstić information content (AvgIpc) is 2.85. The van der Waals surface area contributed by atoms with Gasteiger partial charge in [-0.05, 0) is 26.0 Å². The maximum Gasteiger partial charge on any atom is 0.149 e. The SMILES string of the molecule is CN(CCNc1ncc(Cl)cc1N)C1CCCC1. The zero-order valence-electron chi connectivity index (χ0n) is 10.8. The van der Waals surface area contributed by atoms with E-state index < -0.39 is 0 Å². The van der Waals surface area contributed by atoms with Crippen molar-refractivity contribution in [1.29, 1.82) is 0 Å². The van der Waals surface area contributed by atoms with Crippen LogP contribution in [0.2, 0.25) is 5.02 Å². The molecule has 0 spiro atoms. The predicted molar refractivity (Wildman–Crippen MR) is 77.0 cm³/mol. The van der Waals surface area contributed by atoms with Crippen molar-refractivity contribution in [2.75, 3.05) is 31.2 Å². The second-order valence-corrected chi connectivity index (χ2v) is 5.37. The number of nitrogens with zero attached hydrogens (tertiary/aromatic N) is 2. The third-order valence-corrected chi connectivity index (χ3v) is 3.80. The number of likely N-dealkylation sites (N-methyl/N-ethyl adjacent to an activating group) is 1. The number of anilines is 2. The second-order valence-electron chi connectivity index (χ2n) is 4.94. The normalized spacial score (nSPS) is 16.4. The van der Waals surface area contributed by atoms with Crippen molar-refractivity contribution in [2.24, 2.45) is 0 Å². The Labute approximate surface area is 114 Å². The zero-order chi connectivity index (χ0) is 13.0. The van der Waals surface area contributed by atoms with Crippen LogP contribution in [0.5, 0.6) is 0 Å². The molecule has 1 aliphatic carbocycles. The fraction of sp³-hybridized carbons (Fsp3) is 0.615. The molecule has 0 unspecified atom stereocenters. The molecule has 0 aromatic carbocycles. The lowest BCUT2D eigenvalue weighted by Gasteiger charge is -2.24. The van der Waals surface area contributed by atoms with Gasteiger partial charge in [-0.15, -0.1) is 0 Å². The molecule has 1 aliphatic rings. The van der Waals surface area contributed by atoms with E-state index in [0.717, 1.165) is 24.9 Å². The molecule has 100 valence electrons. The van der Waals surface area contributed by atoms with Gasteiger partial charge in [-0.3, -0.25) is 0 Å². The lowest BCUT2D eigenvalue weighted by Crippen LogP contribution is -2.33. The van der Waals surface area contributed by atoms with Crippen molar-refractivity contribution in [1.82, 2.24) is 9.88 Å². The van der Waals surface area contributed by atoms with E-state index >= 15 is 0 Å². The summed E-state index contributed by atoms with van der Waals surface area (Å²) in [5.74, 6) is 0.722. The highest BCUT2D eigenvalue weighted by molar-refractivity contribution is 6.30. The highest BCUT2D eigenvalue weighted by Crippen LogP contribution is 2.22. The number of pyridine rings is 1. The summed E-state index contributed by atoms with van der Waals surface area (Å²) in [6.45, 7) is 1.86. The fourth-order valence-corrected chi connectivity index (χ4v) is 2.65. The molecule has 1 aromatic rings. The molecular formula is C13H21ClN4. The van der Waals surface area contributed by atoms with E-state index in [1.54, 1.807) is 12.3 Å². The van der Waals surface area contributed by atoms with E-state index in [0.29, 0.717) is 10.7 Å². The van der Waals surface area contributed by atoms with Crippen LogP contribution in [0.1, 0.15) is 25.7 Å². The van der Waals surface area contributed by atoms with Crippen molar-refractivity contribution >= 4 is 23.1 Å². The van der Waals surface area contributed by atoms with E-state index in [4.69, 9.17) is 17.3 Å². The van der Waals surface area contributed by atoms with Gasteiger partial charge in [0.15, 0.2) is 0 Å². The molecule has 0 saturated heterocycles. The van der Waals surface area contributed by atoms with Gasteiger partial charge in [-0.25, -0.2) is 4.98 Å². The van der Waals surface area contributed by atoms with Crippen LogP contribution in [0.25, 0.3) is 0 Å². The summed E-state index contributed by atoms with van der Waals surface area (Å²) in [5, 5.41) is 3.83. The fourth-order valence-electron chi connectivity index (χ4n) is 2.48. The van der Waals surface area contributed by atoms with Gasteiger partial charge < -0.3 is 16.0 Å². The molecule has 0 amide bonds. The maximum absolute atomic E-state index is 5.84. The van der Waals surface area contributed by atoms with Gasteiger partial charge in [-0.1, -0.05) is 24.4 Å². The summed E-state index contributed by atoms with van der Waals surface area (Å²) in [6, 6.07) is 2.47. The highest BCUT2D eigenvalue weighted by Gasteiger charge is 2.18. The molecule has 0 aliphatic heterocycles. The predicted octanol–water partition coefficient (Wildman–Crippen LogP) is 2.60. The Balaban J connectivity index is 1.77. The van der Waals surface area contributed by atoms with E-state index in [1.165, 1.54) is 25.7 Å². The van der Waals surface area contributed by atoms with Crippen LogP contribution in [0.3, 0.4) is 0 Å². The number of halogens is 1. The van der Waals surface area contributed by atoms with Crippen LogP contribution in [-0.4, -0.2) is 36.1 Å². The quantitative estimate of drug-likeness (QED) is 0.862. The lowest BCUT2D eigenvalue weighted by molar-refractivity contribution is 0.254. The van der Waals surface area contributed by atoms with Gasteiger partial charge >= 0.3 is 0 Å². The zero-order valence-corrected chi connectivity index (χ0v) is 11.6. The molecule has 1 heterocycles. The molecule has 1 fully saturated rings. The molecule has 0 atom stereocenters. The number of hydrogen-bond donors (Lipinski definition) is 2. The van der Waals surface area contributed by atoms with Crippen molar-refractivity contribution in [3.05, 3.63) is 17.3 Å². The molecule has 5 heteroatoms. The van der Waals surface area contributed by atoms with Crippen molar-refractivity contribution in [2.45, 2.75) is 31.7 Å². The number of aromatic nitrogens is 1. The molecular weight excluding hydrogens is 248 g/mol. The van der Waals surface area contributed by atoms with E-state index in [1.807, 2.05) is 0 Å². The Morgan fingerprint density at radius 1 is 1.50 bits per heavy atom. The van der Waals surface area contributed by atoms with E-state index in [2.05, 4.69) is 22.2 Å². The molecule has 0 bridgehead atoms. The standard InChI is InChI=1S/C13H21ClN4/c1-18(11-4-2-3-5-11)7-6-16-13-12(15)8-10(14)9-17-13/h8-9,11H,2-7,15H2,1H3,(H,16,17). The Hall–Kier alpha value is -1.00. The van der Waals surface area contributed by atoms with Crippen LogP contribution in [0.4, 0.5) is 11.5 Å². The molecule has 1 saturated carbocycles. The van der Waals surface area contributed by atoms with Gasteiger partial charge in [-0.2, -0.15) is 0 Å². The van der Waals surface area contributed by atoms with Crippen LogP contribution >= 0.6 is 11.6 Å². The Kier molecular flexibility index (Phi) is 4.66. The molecule has 2 rings (SSSR count). The maximum atomic E-state index is 5.84. The number of nitrogens with one attached hydrogen (secondary N) is 1.